The van der Waals surface area contributed by atoms with Crippen molar-refractivity contribution in [2.24, 2.45) is 0 Å². The molecule has 0 amide bonds. The summed E-state index contributed by atoms with van der Waals surface area (Å²) in [5.41, 5.74) is 6.03. The molecular formula is C18H17BrN2. The van der Waals surface area contributed by atoms with Crippen LogP contribution >= 0.6 is 15.9 Å². The second-order valence-corrected chi connectivity index (χ2v) is 6.06. The number of hydrogen-bond acceptors (Lipinski definition) is 2. The van der Waals surface area contributed by atoms with Gasteiger partial charge in [0.1, 0.15) is 0 Å². The predicted molar refractivity (Wildman–Crippen MR) is 92.7 cm³/mol. The Morgan fingerprint density at radius 2 is 1.90 bits per heavy atom. The third-order valence-corrected chi connectivity index (χ3v) is 4.57. The van der Waals surface area contributed by atoms with Gasteiger partial charge in [-0.25, -0.2) is 0 Å². The molecule has 2 nitrogen and oxygen atoms in total. The molecule has 0 saturated heterocycles. The van der Waals surface area contributed by atoms with E-state index in [4.69, 9.17) is 0 Å². The van der Waals surface area contributed by atoms with Crippen LogP contribution in [0.3, 0.4) is 0 Å². The van der Waals surface area contributed by atoms with Crippen molar-refractivity contribution in [1.29, 1.82) is 0 Å². The Hall–Kier alpha value is -1.87. The maximum atomic E-state index is 4.52. The van der Waals surface area contributed by atoms with E-state index in [2.05, 4.69) is 76.5 Å². The number of halogens is 1. The fourth-order valence-electron chi connectivity index (χ4n) is 2.47. The van der Waals surface area contributed by atoms with Crippen LogP contribution in [-0.2, 0) is 6.54 Å². The molecule has 0 spiro atoms. The van der Waals surface area contributed by atoms with E-state index < -0.39 is 0 Å². The van der Waals surface area contributed by atoms with Crippen LogP contribution < -0.4 is 5.32 Å². The van der Waals surface area contributed by atoms with Crippen molar-refractivity contribution in [2.75, 3.05) is 5.32 Å². The van der Waals surface area contributed by atoms with E-state index >= 15 is 0 Å². The van der Waals surface area contributed by atoms with E-state index in [1.54, 1.807) is 0 Å². The zero-order valence-electron chi connectivity index (χ0n) is 12.2. The van der Waals surface area contributed by atoms with E-state index in [-0.39, 0.29) is 0 Å². The Morgan fingerprint density at radius 1 is 1.05 bits per heavy atom. The third-order valence-electron chi connectivity index (χ3n) is 3.87. The van der Waals surface area contributed by atoms with Crippen molar-refractivity contribution in [3.8, 4) is 0 Å². The molecule has 0 aliphatic rings. The smallest absolute Gasteiger partial charge is 0.0763 e. The van der Waals surface area contributed by atoms with Crippen molar-refractivity contribution in [3.63, 3.8) is 0 Å². The second kappa shape index (κ2) is 5.86. The van der Waals surface area contributed by atoms with Crippen LogP contribution in [0, 0.1) is 13.8 Å². The summed E-state index contributed by atoms with van der Waals surface area (Å²) >= 11 is 3.59. The summed E-state index contributed by atoms with van der Waals surface area (Å²) in [6.45, 7) is 5.05. The van der Waals surface area contributed by atoms with Gasteiger partial charge in [0.25, 0.3) is 0 Å². The maximum Gasteiger partial charge on any atom is 0.0763 e. The topological polar surface area (TPSA) is 24.9 Å². The van der Waals surface area contributed by atoms with Gasteiger partial charge in [0.15, 0.2) is 0 Å². The van der Waals surface area contributed by atoms with Crippen LogP contribution in [0.5, 0.6) is 0 Å². The van der Waals surface area contributed by atoms with Crippen LogP contribution in [0.25, 0.3) is 10.9 Å². The van der Waals surface area contributed by atoms with Gasteiger partial charge in [0.05, 0.1) is 5.52 Å². The van der Waals surface area contributed by atoms with Crippen molar-refractivity contribution in [2.45, 2.75) is 20.4 Å². The molecule has 0 bridgehead atoms. The number of aryl methyl sites for hydroxylation is 1. The van der Waals surface area contributed by atoms with Crippen molar-refractivity contribution < 1.29 is 0 Å². The summed E-state index contributed by atoms with van der Waals surface area (Å²) in [4.78, 5) is 4.52. The van der Waals surface area contributed by atoms with Gasteiger partial charge in [-0.1, -0.05) is 40.2 Å². The normalized spacial score (nSPS) is 10.8. The van der Waals surface area contributed by atoms with E-state index in [1.165, 1.54) is 22.4 Å². The Balaban J connectivity index is 1.92. The summed E-state index contributed by atoms with van der Waals surface area (Å²) in [5, 5.41) is 4.68. The number of aromatic nitrogens is 1. The van der Waals surface area contributed by atoms with Gasteiger partial charge in [-0.3, -0.25) is 4.98 Å². The summed E-state index contributed by atoms with van der Waals surface area (Å²) in [5.74, 6) is 0. The van der Waals surface area contributed by atoms with Crippen LogP contribution in [-0.4, -0.2) is 4.98 Å². The Bertz CT molecular complexity index is 796. The monoisotopic (exact) mass is 340 g/mol. The first-order valence-electron chi connectivity index (χ1n) is 6.99. The summed E-state index contributed by atoms with van der Waals surface area (Å²) in [7, 11) is 0. The molecule has 0 radical (unpaired) electrons. The zero-order chi connectivity index (χ0) is 14.8. The minimum atomic E-state index is 0.769. The van der Waals surface area contributed by atoms with E-state index in [1.807, 2.05) is 12.3 Å². The Kier molecular flexibility index (Phi) is 3.93. The van der Waals surface area contributed by atoms with Gasteiger partial charge in [-0.2, -0.15) is 0 Å². The van der Waals surface area contributed by atoms with Gasteiger partial charge >= 0.3 is 0 Å². The summed E-state index contributed by atoms with van der Waals surface area (Å²) < 4.78 is 1.08. The first kappa shape index (κ1) is 14.1. The predicted octanol–water partition coefficient (Wildman–Crippen LogP) is 5.23. The fraction of sp³-hybridized carbons (Fsp3) is 0.167. The van der Waals surface area contributed by atoms with Crippen molar-refractivity contribution >= 4 is 32.5 Å². The fourth-order valence-corrected chi connectivity index (χ4v) is 2.92. The lowest BCUT2D eigenvalue weighted by atomic mass is 10.1. The second-order valence-electron chi connectivity index (χ2n) is 5.21. The van der Waals surface area contributed by atoms with E-state index in [9.17, 15) is 0 Å². The lowest BCUT2D eigenvalue weighted by Gasteiger charge is -2.13. The molecule has 0 fully saturated rings. The maximum absolute atomic E-state index is 4.52. The number of anilines is 1. The molecule has 0 saturated carbocycles. The molecule has 21 heavy (non-hydrogen) atoms. The number of pyridine rings is 1. The highest BCUT2D eigenvalue weighted by molar-refractivity contribution is 9.10. The van der Waals surface area contributed by atoms with Crippen LogP contribution in [0.4, 0.5) is 5.69 Å². The van der Waals surface area contributed by atoms with Crippen LogP contribution in [0.2, 0.25) is 0 Å². The summed E-state index contributed by atoms with van der Waals surface area (Å²) in [6.07, 6.45) is 1.84. The number of benzene rings is 2. The van der Waals surface area contributed by atoms with Crippen molar-refractivity contribution in [3.05, 3.63) is 69.8 Å². The molecule has 106 valence electrons. The number of fused-ring (bicyclic) bond motifs is 1. The lowest BCUT2D eigenvalue weighted by molar-refractivity contribution is 1.14. The molecule has 3 aromatic rings. The van der Waals surface area contributed by atoms with Gasteiger partial charge in [-0.15, -0.1) is 0 Å². The largest absolute Gasteiger partial charge is 0.381 e. The van der Waals surface area contributed by atoms with Crippen LogP contribution in [0.15, 0.2) is 53.1 Å². The van der Waals surface area contributed by atoms with E-state index in [0.717, 1.165) is 21.9 Å². The third kappa shape index (κ3) is 2.79. The minimum absolute atomic E-state index is 0.769. The molecule has 2 aromatic carbocycles. The molecule has 0 unspecified atom stereocenters. The lowest BCUT2D eigenvalue weighted by Crippen LogP contribution is -2.03. The number of nitrogens with zero attached hydrogens (tertiary/aromatic N) is 1. The molecule has 0 aliphatic carbocycles. The first-order valence-corrected chi connectivity index (χ1v) is 7.78. The average molecular weight is 341 g/mol. The highest BCUT2D eigenvalue weighted by Crippen LogP contribution is 2.26. The summed E-state index contributed by atoms with van der Waals surface area (Å²) in [6, 6.07) is 14.6. The van der Waals surface area contributed by atoms with Gasteiger partial charge < -0.3 is 5.32 Å². The molecule has 0 atom stereocenters. The average Bonchev–Trinajstić information content (AvgIpc) is 2.51. The Morgan fingerprint density at radius 3 is 2.76 bits per heavy atom. The number of nitrogens with one attached hydrogen (secondary N) is 1. The standard InChI is InChI=1S/C18H17BrN2/c1-12-5-3-7-17(13(12)2)21-11-14-8-9-16(19)15-6-4-10-20-18(14)15/h3-10,21H,11H2,1-2H3. The molecule has 1 N–H and O–H groups in total. The number of hydrogen-bond donors (Lipinski definition) is 1. The number of rotatable bonds is 3. The molecule has 0 aliphatic heterocycles. The van der Waals surface area contributed by atoms with Gasteiger partial charge in [-0.05, 0) is 48.7 Å². The van der Waals surface area contributed by atoms with Crippen molar-refractivity contribution in [1.82, 2.24) is 4.98 Å². The first-order chi connectivity index (χ1) is 10.2. The zero-order valence-corrected chi connectivity index (χ0v) is 13.7. The molecule has 3 rings (SSSR count). The molecule has 3 heteroatoms. The molecule has 1 aromatic heterocycles. The van der Waals surface area contributed by atoms with Crippen LogP contribution in [0.1, 0.15) is 16.7 Å². The molecule has 1 heterocycles. The van der Waals surface area contributed by atoms with Gasteiger partial charge in [0.2, 0.25) is 0 Å². The Labute approximate surface area is 133 Å². The molecular weight excluding hydrogens is 324 g/mol. The van der Waals surface area contributed by atoms with Gasteiger partial charge in [0, 0.05) is 28.3 Å². The SMILES string of the molecule is Cc1cccc(NCc2ccc(Br)c3cccnc23)c1C. The highest BCUT2D eigenvalue weighted by Gasteiger charge is 2.06. The van der Waals surface area contributed by atoms with E-state index in [0.29, 0.717) is 0 Å². The highest BCUT2D eigenvalue weighted by atomic mass is 79.9. The minimum Gasteiger partial charge on any atom is -0.381 e. The quantitative estimate of drug-likeness (QED) is 0.706.